The van der Waals surface area contributed by atoms with Gasteiger partial charge in [0.2, 0.25) is 0 Å². The summed E-state index contributed by atoms with van der Waals surface area (Å²) in [7, 11) is 0. The Bertz CT molecular complexity index is 481. The molecule has 0 unspecified atom stereocenters. The summed E-state index contributed by atoms with van der Waals surface area (Å²) in [6.45, 7) is 2.65. The molecule has 0 spiro atoms. The summed E-state index contributed by atoms with van der Waals surface area (Å²) in [5.41, 5.74) is 3.39. The van der Waals surface area contributed by atoms with Gasteiger partial charge in [-0.15, -0.1) is 12.4 Å². The van der Waals surface area contributed by atoms with Crippen molar-refractivity contribution < 1.29 is 23.4 Å². The first kappa shape index (κ1) is 19.5. The van der Waals surface area contributed by atoms with E-state index in [0.717, 1.165) is 12.1 Å². The van der Waals surface area contributed by atoms with Crippen molar-refractivity contribution in [3.63, 3.8) is 0 Å². The molecular formula is C12H16BrClF3NO2. The molecule has 0 saturated carbocycles. The fourth-order valence-electron chi connectivity index (χ4n) is 1.63. The number of hydrogen-bond acceptors (Lipinski definition) is 3. The van der Waals surface area contributed by atoms with Crippen LogP contribution in [0.5, 0.6) is 5.75 Å². The van der Waals surface area contributed by atoms with Crippen LogP contribution in [-0.2, 0) is 6.18 Å². The zero-order valence-corrected chi connectivity index (χ0v) is 13.2. The molecule has 1 rings (SSSR count). The van der Waals surface area contributed by atoms with Crippen molar-refractivity contribution in [2.45, 2.75) is 26.1 Å². The number of hydrogen-bond donors (Lipinski definition) is 3. The Morgan fingerprint density at radius 2 is 1.80 bits per heavy atom. The van der Waals surface area contributed by atoms with E-state index in [1.54, 1.807) is 0 Å². The largest absolute Gasteiger partial charge is 0.506 e. The van der Waals surface area contributed by atoms with Gasteiger partial charge in [-0.2, -0.15) is 13.2 Å². The van der Waals surface area contributed by atoms with Crippen LogP contribution in [0.1, 0.15) is 31.0 Å². The molecule has 0 aliphatic carbocycles. The third-order valence-electron chi connectivity index (χ3n) is 3.03. The number of phenols is 1. The molecule has 1 aromatic rings. The third-order valence-corrected chi connectivity index (χ3v) is 3.67. The number of halogens is 5. The summed E-state index contributed by atoms with van der Waals surface area (Å²) in [5, 5.41) is 19.1. The number of aliphatic hydroxyl groups is 1. The van der Waals surface area contributed by atoms with Crippen LogP contribution < -0.4 is 5.73 Å². The molecule has 4 N–H and O–H groups in total. The lowest BCUT2D eigenvalue weighted by Gasteiger charge is -2.32. The lowest BCUT2D eigenvalue weighted by Crippen LogP contribution is -2.34. The van der Waals surface area contributed by atoms with Crippen LogP contribution in [0.2, 0.25) is 0 Å². The Kier molecular flexibility index (Phi) is 6.35. The maximum atomic E-state index is 13.0. The number of aromatic hydroxyl groups is 1. The van der Waals surface area contributed by atoms with Gasteiger partial charge in [-0.05, 0) is 28.1 Å². The number of benzene rings is 1. The predicted molar refractivity (Wildman–Crippen MR) is 75.9 cm³/mol. The van der Waals surface area contributed by atoms with E-state index in [1.165, 1.54) is 13.8 Å². The van der Waals surface area contributed by atoms with Crippen LogP contribution in [0.3, 0.4) is 0 Å². The van der Waals surface area contributed by atoms with E-state index < -0.39 is 41.1 Å². The number of phenolic OH excluding ortho intramolecular Hbond substituents is 1. The Hall–Kier alpha value is -0.500. The fourth-order valence-corrected chi connectivity index (χ4v) is 1.98. The maximum Gasteiger partial charge on any atom is 0.416 e. The van der Waals surface area contributed by atoms with E-state index in [1.807, 2.05) is 0 Å². The van der Waals surface area contributed by atoms with Gasteiger partial charge in [-0.25, -0.2) is 0 Å². The molecule has 1 aromatic carbocycles. The molecule has 0 amide bonds. The molecule has 116 valence electrons. The van der Waals surface area contributed by atoms with Gasteiger partial charge in [-0.3, -0.25) is 0 Å². The average molecular weight is 379 g/mol. The molecular weight excluding hydrogens is 362 g/mol. The highest BCUT2D eigenvalue weighted by Gasteiger charge is 2.40. The van der Waals surface area contributed by atoms with Gasteiger partial charge in [0, 0.05) is 23.6 Å². The fraction of sp³-hybridized carbons (Fsp3) is 0.500. The third kappa shape index (κ3) is 3.78. The van der Waals surface area contributed by atoms with Gasteiger partial charge in [0.15, 0.2) is 0 Å². The molecule has 0 aromatic heterocycles. The number of aliphatic hydroxyl groups excluding tert-OH is 1. The Balaban J connectivity index is 0.00000361. The van der Waals surface area contributed by atoms with Crippen molar-refractivity contribution >= 4 is 28.3 Å². The highest BCUT2D eigenvalue weighted by atomic mass is 79.9. The second-order valence-corrected chi connectivity index (χ2v) is 5.83. The summed E-state index contributed by atoms with van der Waals surface area (Å²) in [4.78, 5) is 0. The molecule has 0 aliphatic rings. The first-order valence-corrected chi connectivity index (χ1v) is 6.26. The summed E-state index contributed by atoms with van der Waals surface area (Å²) >= 11 is 2.97. The van der Waals surface area contributed by atoms with Gasteiger partial charge in [-0.1, -0.05) is 13.8 Å². The van der Waals surface area contributed by atoms with Crippen LogP contribution in [-0.4, -0.2) is 16.8 Å². The van der Waals surface area contributed by atoms with Crippen LogP contribution in [0, 0.1) is 5.41 Å². The maximum absolute atomic E-state index is 13.0. The van der Waals surface area contributed by atoms with E-state index in [-0.39, 0.29) is 16.9 Å². The van der Waals surface area contributed by atoms with Gasteiger partial charge in [0.25, 0.3) is 0 Å². The summed E-state index contributed by atoms with van der Waals surface area (Å²) in [5.74, 6) is -0.552. The lowest BCUT2D eigenvalue weighted by molar-refractivity contribution is -0.138. The summed E-state index contributed by atoms with van der Waals surface area (Å²) in [6, 6.07) is 0.805. The smallest absolute Gasteiger partial charge is 0.416 e. The highest BCUT2D eigenvalue weighted by molar-refractivity contribution is 9.10. The number of alkyl halides is 3. The van der Waals surface area contributed by atoms with E-state index in [9.17, 15) is 23.4 Å². The minimum absolute atomic E-state index is 0. The SMILES string of the molecule is CC(C)(CO)[C@H](N)c1c(C(F)(F)F)ccc(Br)c1O.Cl. The van der Waals surface area contributed by atoms with Crippen molar-refractivity contribution in [3.05, 3.63) is 27.7 Å². The van der Waals surface area contributed by atoms with Crippen molar-refractivity contribution in [2.75, 3.05) is 6.61 Å². The molecule has 0 radical (unpaired) electrons. The van der Waals surface area contributed by atoms with Gasteiger partial charge >= 0.3 is 6.18 Å². The molecule has 0 saturated heterocycles. The van der Waals surface area contributed by atoms with Gasteiger partial charge in [0.1, 0.15) is 5.75 Å². The highest BCUT2D eigenvalue weighted by Crippen LogP contribution is 2.45. The minimum Gasteiger partial charge on any atom is -0.506 e. The van der Waals surface area contributed by atoms with Crippen molar-refractivity contribution in [2.24, 2.45) is 11.1 Å². The van der Waals surface area contributed by atoms with E-state index in [0.29, 0.717) is 0 Å². The van der Waals surface area contributed by atoms with Crippen LogP contribution in [0.25, 0.3) is 0 Å². The van der Waals surface area contributed by atoms with E-state index >= 15 is 0 Å². The van der Waals surface area contributed by atoms with Crippen molar-refractivity contribution in [1.29, 1.82) is 0 Å². The van der Waals surface area contributed by atoms with Gasteiger partial charge < -0.3 is 15.9 Å². The van der Waals surface area contributed by atoms with Crippen LogP contribution in [0.4, 0.5) is 13.2 Å². The zero-order chi connectivity index (χ0) is 15.0. The van der Waals surface area contributed by atoms with E-state index in [4.69, 9.17) is 5.73 Å². The van der Waals surface area contributed by atoms with Crippen LogP contribution >= 0.6 is 28.3 Å². The van der Waals surface area contributed by atoms with Crippen molar-refractivity contribution in [1.82, 2.24) is 0 Å². The molecule has 20 heavy (non-hydrogen) atoms. The zero-order valence-electron chi connectivity index (χ0n) is 10.8. The predicted octanol–water partition coefficient (Wildman–Crippen LogP) is 3.61. The summed E-state index contributed by atoms with van der Waals surface area (Å²) in [6.07, 6.45) is -4.63. The normalized spacial score (nSPS) is 13.8. The topological polar surface area (TPSA) is 66.5 Å². The Morgan fingerprint density at radius 3 is 2.20 bits per heavy atom. The van der Waals surface area contributed by atoms with Crippen LogP contribution in [0.15, 0.2) is 16.6 Å². The Labute approximate surface area is 129 Å². The second kappa shape index (κ2) is 6.51. The molecule has 0 aliphatic heterocycles. The molecule has 1 atom stereocenters. The average Bonchev–Trinajstić information content (AvgIpc) is 2.30. The first-order valence-electron chi connectivity index (χ1n) is 5.47. The number of nitrogens with two attached hydrogens (primary N) is 1. The van der Waals surface area contributed by atoms with E-state index in [2.05, 4.69) is 15.9 Å². The minimum atomic E-state index is -4.63. The molecule has 3 nitrogen and oxygen atoms in total. The molecule has 8 heteroatoms. The standard InChI is InChI=1S/C12H15BrF3NO2.ClH/c1-11(2,5-18)10(17)8-6(12(14,15)16)3-4-7(13)9(8)19;/h3-4,10,18-19H,5,17H2,1-2H3;1H/t10-;/m1./s1. The molecule has 0 fully saturated rings. The summed E-state index contributed by atoms with van der Waals surface area (Å²) < 4.78 is 39.0. The lowest BCUT2D eigenvalue weighted by atomic mass is 9.79. The molecule has 0 bridgehead atoms. The quantitative estimate of drug-likeness (QED) is 0.753. The Morgan fingerprint density at radius 1 is 1.30 bits per heavy atom. The number of rotatable bonds is 3. The van der Waals surface area contributed by atoms with Crippen molar-refractivity contribution in [3.8, 4) is 5.75 Å². The monoisotopic (exact) mass is 377 g/mol. The first-order chi connectivity index (χ1) is 8.52. The second-order valence-electron chi connectivity index (χ2n) is 4.98. The molecule has 0 heterocycles. The van der Waals surface area contributed by atoms with Gasteiger partial charge in [0.05, 0.1) is 10.0 Å².